The SMILES string of the molecule is CC1CN(C(=O)COC(=O)c2cc(S(=O)(=O)N3CCCCC3)ccc2N2CCCC2)CCO1. The van der Waals surface area contributed by atoms with Gasteiger partial charge < -0.3 is 19.3 Å². The summed E-state index contributed by atoms with van der Waals surface area (Å²) in [5, 5.41) is 0. The number of piperidine rings is 1. The van der Waals surface area contributed by atoms with E-state index < -0.39 is 16.0 Å². The third kappa shape index (κ3) is 5.50. The minimum absolute atomic E-state index is 0.0585. The summed E-state index contributed by atoms with van der Waals surface area (Å²) in [6.45, 7) is 5.45. The van der Waals surface area contributed by atoms with Gasteiger partial charge in [-0.25, -0.2) is 13.2 Å². The van der Waals surface area contributed by atoms with Gasteiger partial charge in [0.1, 0.15) is 0 Å². The van der Waals surface area contributed by atoms with Gasteiger partial charge in [0.05, 0.1) is 28.9 Å². The molecule has 0 aromatic heterocycles. The van der Waals surface area contributed by atoms with Crippen LogP contribution in [0.15, 0.2) is 23.1 Å². The maximum Gasteiger partial charge on any atom is 0.340 e. The minimum atomic E-state index is -3.69. The number of esters is 1. The Labute approximate surface area is 195 Å². The second-order valence-corrected chi connectivity index (χ2v) is 10.9. The predicted octanol–water partition coefficient (Wildman–Crippen LogP) is 1.87. The lowest BCUT2D eigenvalue weighted by Gasteiger charge is -2.31. The summed E-state index contributed by atoms with van der Waals surface area (Å²) in [6.07, 6.45) is 4.65. The summed E-state index contributed by atoms with van der Waals surface area (Å²) in [5.41, 5.74) is 0.848. The van der Waals surface area contributed by atoms with E-state index in [0.29, 0.717) is 38.5 Å². The zero-order valence-corrected chi connectivity index (χ0v) is 20.0. The molecule has 3 heterocycles. The molecule has 4 rings (SSSR count). The number of carbonyl (C=O) groups is 2. The molecular formula is C23H33N3O6S. The molecule has 1 aromatic carbocycles. The summed E-state index contributed by atoms with van der Waals surface area (Å²) < 4.78 is 38.7. The average molecular weight is 480 g/mol. The van der Waals surface area contributed by atoms with Crippen molar-refractivity contribution in [3.63, 3.8) is 0 Å². The molecule has 33 heavy (non-hydrogen) atoms. The Morgan fingerprint density at radius 3 is 2.42 bits per heavy atom. The maximum atomic E-state index is 13.2. The van der Waals surface area contributed by atoms with E-state index in [2.05, 4.69) is 4.90 Å². The van der Waals surface area contributed by atoms with Gasteiger partial charge in [-0.05, 0) is 50.8 Å². The van der Waals surface area contributed by atoms with Crippen LogP contribution in [-0.2, 0) is 24.3 Å². The maximum absolute atomic E-state index is 13.2. The van der Waals surface area contributed by atoms with E-state index >= 15 is 0 Å². The molecule has 1 atom stereocenters. The zero-order valence-electron chi connectivity index (χ0n) is 19.2. The fourth-order valence-corrected chi connectivity index (χ4v) is 6.21. The van der Waals surface area contributed by atoms with Crippen molar-refractivity contribution in [3.8, 4) is 0 Å². The van der Waals surface area contributed by atoms with Crippen LogP contribution >= 0.6 is 0 Å². The molecule has 3 aliphatic heterocycles. The summed E-state index contributed by atoms with van der Waals surface area (Å²) in [5.74, 6) is -0.958. The number of hydrogen-bond donors (Lipinski definition) is 0. The van der Waals surface area contributed by atoms with Crippen LogP contribution < -0.4 is 4.90 Å². The number of morpholine rings is 1. The first kappa shape index (κ1) is 24.0. The van der Waals surface area contributed by atoms with Gasteiger partial charge in [-0.1, -0.05) is 6.42 Å². The molecule has 0 aliphatic carbocycles. The zero-order chi connectivity index (χ0) is 23.4. The monoisotopic (exact) mass is 479 g/mol. The number of benzene rings is 1. The summed E-state index contributed by atoms with van der Waals surface area (Å²) in [4.78, 5) is 29.4. The largest absolute Gasteiger partial charge is 0.452 e. The molecule has 9 nitrogen and oxygen atoms in total. The Morgan fingerprint density at radius 2 is 1.73 bits per heavy atom. The average Bonchev–Trinajstić information content (AvgIpc) is 3.37. The van der Waals surface area contributed by atoms with E-state index in [4.69, 9.17) is 9.47 Å². The van der Waals surface area contributed by atoms with E-state index in [1.807, 2.05) is 6.92 Å². The molecule has 0 saturated carbocycles. The Morgan fingerprint density at radius 1 is 1.03 bits per heavy atom. The molecule has 182 valence electrons. The van der Waals surface area contributed by atoms with Gasteiger partial charge in [0.2, 0.25) is 10.0 Å². The number of nitrogens with zero attached hydrogens (tertiary/aromatic N) is 3. The highest BCUT2D eigenvalue weighted by atomic mass is 32.2. The van der Waals surface area contributed by atoms with Gasteiger partial charge in [-0.15, -0.1) is 0 Å². The second-order valence-electron chi connectivity index (χ2n) is 8.94. The van der Waals surface area contributed by atoms with Crippen LogP contribution in [0, 0.1) is 0 Å². The van der Waals surface area contributed by atoms with Gasteiger partial charge >= 0.3 is 5.97 Å². The fraction of sp³-hybridized carbons (Fsp3) is 0.652. The van der Waals surface area contributed by atoms with E-state index in [1.54, 1.807) is 17.0 Å². The molecule has 3 aliphatic rings. The van der Waals surface area contributed by atoms with Crippen molar-refractivity contribution in [2.24, 2.45) is 0 Å². The van der Waals surface area contributed by atoms with Crippen LogP contribution in [0.4, 0.5) is 5.69 Å². The second kappa shape index (κ2) is 10.4. The molecular weight excluding hydrogens is 446 g/mol. The van der Waals surface area contributed by atoms with Gasteiger partial charge in [0, 0.05) is 39.3 Å². The van der Waals surface area contributed by atoms with Crippen LogP contribution in [0.5, 0.6) is 0 Å². The first-order valence-corrected chi connectivity index (χ1v) is 13.3. The van der Waals surface area contributed by atoms with Crippen LogP contribution in [0.3, 0.4) is 0 Å². The molecule has 3 fully saturated rings. The Balaban J connectivity index is 1.54. The van der Waals surface area contributed by atoms with Crippen LogP contribution in [0.1, 0.15) is 49.4 Å². The molecule has 1 aromatic rings. The Hall–Kier alpha value is -2.17. The number of anilines is 1. The van der Waals surface area contributed by atoms with Gasteiger partial charge in [0.15, 0.2) is 6.61 Å². The van der Waals surface area contributed by atoms with Crippen LogP contribution in [0.2, 0.25) is 0 Å². The normalized spacial score (nSPS) is 22.4. The molecule has 3 saturated heterocycles. The van der Waals surface area contributed by atoms with Crippen molar-refractivity contribution >= 4 is 27.6 Å². The van der Waals surface area contributed by atoms with Crippen molar-refractivity contribution in [1.29, 1.82) is 0 Å². The number of hydrogen-bond acceptors (Lipinski definition) is 7. The quantitative estimate of drug-likeness (QED) is 0.575. The number of rotatable bonds is 6. The molecule has 0 radical (unpaired) electrons. The summed E-state index contributed by atoms with van der Waals surface area (Å²) in [7, 11) is -3.69. The smallest absolute Gasteiger partial charge is 0.340 e. The third-order valence-corrected chi connectivity index (χ3v) is 8.40. The highest BCUT2D eigenvalue weighted by Gasteiger charge is 2.30. The van der Waals surface area contributed by atoms with Crippen LogP contribution in [0.25, 0.3) is 0 Å². The van der Waals surface area contributed by atoms with Crippen molar-refractivity contribution in [3.05, 3.63) is 23.8 Å². The highest BCUT2D eigenvalue weighted by Crippen LogP contribution is 2.30. The number of ether oxygens (including phenoxy) is 2. The Kier molecular flexibility index (Phi) is 7.55. The van der Waals surface area contributed by atoms with E-state index in [1.165, 1.54) is 10.4 Å². The molecule has 1 unspecified atom stereocenters. The lowest BCUT2D eigenvalue weighted by atomic mass is 10.1. The molecule has 0 N–H and O–H groups in total. The number of amides is 1. The minimum Gasteiger partial charge on any atom is -0.452 e. The predicted molar refractivity (Wildman–Crippen MR) is 123 cm³/mol. The molecule has 10 heteroatoms. The lowest BCUT2D eigenvalue weighted by Crippen LogP contribution is -2.46. The lowest BCUT2D eigenvalue weighted by molar-refractivity contribution is -0.141. The van der Waals surface area contributed by atoms with Crippen molar-refractivity contribution in [1.82, 2.24) is 9.21 Å². The van der Waals surface area contributed by atoms with Crippen LogP contribution in [-0.4, -0.2) is 88.1 Å². The van der Waals surface area contributed by atoms with Gasteiger partial charge in [-0.3, -0.25) is 4.79 Å². The van der Waals surface area contributed by atoms with E-state index in [9.17, 15) is 18.0 Å². The number of sulfonamides is 1. The first-order chi connectivity index (χ1) is 15.9. The highest BCUT2D eigenvalue weighted by molar-refractivity contribution is 7.89. The standard InChI is InChI=1S/C23H33N3O6S/c1-18-16-25(13-14-31-18)22(27)17-32-23(28)20-15-19(7-8-21(20)24-9-5-6-10-24)33(29,30)26-11-3-2-4-12-26/h7-8,15,18H,2-6,9-14,16-17H2,1H3. The van der Waals surface area contributed by atoms with Crippen molar-refractivity contribution in [2.45, 2.75) is 50.0 Å². The molecule has 0 spiro atoms. The van der Waals surface area contributed by atoms with Gasteiger partial charge in [-0.2, -0.15) is 4.31 Å². The van der Waals surface area contributed by atoms with Crippen molar-refractivity contribution < 1.29 is 27.5 Å². The summed E-state index contributed by atoms with van der Waals surface area (Å²) >= 11 is 0. The van der Waals surface area contributed by atoms with Crippen molar-refractivity contribution in [2.75, 3.05) is 57.4 Å². The fourth-order valence-electron chi connectivity index (χ4n) is 4.67. The third-order valence-electron chi connectivity index (χ3n) is 6.51. The first-order valence-electron chi connectivity index (χ1n) is 11.8. The molecule has 0 bridgehead atoms. The van der Waals surface area contributed by atoms with E-state index in [-0.39, 0.29) is 29.1 Å². The Bertz CT molecular complexity index is 970. The van der Waals surface area contributed by atoms with Gasteiger partial charge in [0.25, 0.3) is 5.91 Å². The number of carbonyl (C=O) groups excluding carboxylic acids is 2. The molecule has 1 amide bonds. The topological polar surface area (TPSA) is 96.5 Å². The summed E-state index contributed by atoms with van der Waals surface area (Å²) in [6, 6.07) is 4.69. The van der Waals surface area contributed by atoms with E-state index in [0.717, 1.165) is 45.2 Å².